The Morgan fingerprint density at radius 1 is 1.29 bits per heavy atom. The van der Waals surface area contributed by atoms with Gasteiger partial charge >= 0.3 is 0 Å². The maximum absolute atomic E-state index is 11.3. The van der Waals surface area contributed by atoms with Crippen molar-refractivity contribution in [2.75, 3.05) is 25.1 Å². The number of nitrogens with one attached hydrogen (secondary N) is 1. The summed E-state index contributed by atoms with van der Waals surface area (Å²) < 4.78 is 10.7. The number of carbonyl (C=O) groups excluding carboxylic acids is 1. The Balaban J connectivity index is 1.95. The second-order valence-electron chi connectivity index (χ2n) is 3.78. The third kappa shape index (κ3) is 3.26. The van der Waals surface area contributed by atoms with E-state index in [1.807, 2.05) is 24.3 Å². The molecule has 0 aromatic heterocycles. The lowest BCUT2D eigenvalue weighted by Crippen LogP contribution is -2.16. The number of rotatable bonds is 4. The molecule has 1 aliphatic heterocycles. The van der Waals surface area contributed by atoms with Gasteiger partial charge in [0, 0.05) is 24.2 Å². The summed E-state index contributed by atoms with van der Waals surface area (Å²) in [7, 11) is 0. The molecule has 1 heterocycles. The Kier molecular flexibility index (Phi) is 4.08. The molecule has 2 rings (SSSR count). The molecule has 1 aliphatic rings. The summed E-state index contributed by atoms with van der Waals surface area (Å²) in [5, 5.41) is 2.76. The molecule has 0 radical (unpaired) electrons. The number of hydrogen-bond donors (Lipinski definition) is 2. The molecule has 17 heavy (non-hydrogen) atoms. The van der Waals surface area contributed by atoms with Gasteiger partial charge in [0.25, 0.3) is 0 Å². The van der Waals surface area contributed by atoms with Crippen molar-refractivity contribution >= 4 is 11.6 Å². The third-order valence-corrected chi connectivity index (χ3v) is 2.46. The fourth-order valence-electron chi connectivity index (χ4n) is 1.63. The van der Waals surface area contributed by atoms with Gasteiger partial charge in [0.2, 0.25) is 5.91 Å². The Labute approximate surface area is 99.9 Å². The van der Waals surface area contributed by atoms with Gasteiger partial charge in [0.15, 0.2) is 6.29 Å². The first-order valence-corrected chi connectivity index (χ1v) is 5.62. The predicted octanol–water partition coefficient (Wildman–Crippen LogP) is 1.02. The minimum absolute atomic E-state index is 0.0754. The van der Waals surface area contributed by atoms with E-state index in [1.54, 1.807) is 0 Å². The van der Waals surface area contributed by atoms with Crippen molar-refractivity contribution in [1.82, 2.24) is 0 Å². The van der Waals surface area contributed by atoms with Gasteiger partial charge in [-0.25, -0.2) is 0 Å². The van der Waals surface area contributed by atoms with Crippen LogP contribution in [0.1, 0.15) is 18.3 Å². The van der Waals surface area contributed by atoms with Gasteiger partial charge in [-0.1, -0.05) is 12.1 Å². The molecule has 0 bridgehead atoms. The second kappa shape index (κ2) is 5.77. The number of ether oxygens (including phenoxy) is 2. The van der Waals surface area contributed by atoms with Crippen molar-refractivity contribution in [2.45, 2.75) is 12.7 Å². The zero-order valence-corrected chi connectivity index (χ0v) is 9.52. The molecular weight excluding hydrogens is 220 g/mol. The fourth-order valence-corrected chi connectivity index (χ4v) is 1.63. The maximum Gasteiger partial charge on any atom is 0.225 e. The molecule has 0 aliphatic carbocycles. The monoisotopic (exact) mass is 236 g/mol. The molecule has 1 fully saturated rings. The van der Waals surface area contributed by atoms with E-state index in [1.165, 1.54) is 0 Å². The number of hydrogen-bond acceptors (Lipinski definition) is 4. The van der Waals surface area contributed by atoms with E-state index in [9.17, 15) is 4.79 Å². The van der Waals surface area contributed by atoms with Gasteiger partial charge in [-0.2, -0.15) is 0 Å². The Morgan fingerprint density at radius 2 is 1.94 bits per heavy atom. The molecule has 1 aromatic rings. The van der Waals surface area contributed by atoms with Crippen molar-refractivity contribution in [2.24, 2.45) is 5.73 Å². The van der Waals surface area contributed by atoms with E-state index >= 15 is 0 Å². The van der Waals surface area contributed by atoms with Gasteiger partial charge < -0.3 is 20.5 Å². The Bertz CT molecular complexity index is 372. The van der Waals surface area contributed by atoms with E-state index in [2.05, 4.69) is 5.32 Å². The molecule has 1 aromatic carbocycles. The van der Waals surface area contributed by atoms with E-state index in [4.69, 9.17) is 15.2 Å². The van der Waals surface area contributed by atoms with E-state index in [0.29, 0.717) is 26.2 Å². The van der Waals surface area contributed by atoms with E-state index in [0.717, 1.165) is 11.3 Å². The van der Waals surface area contributed by atoms with Gasteiger partial charge in [-0.05, 0) is 12.1 Å². The summed E-state index contributed by atoms with van der Waals surface area (Å²) in [6, 6.07) is 7.42. The smallest absolute Gasteiger partial charge is 0.225 e. The van der Waals surface area contributed by atoms with Crippen LogP contribution in [0.4, 0.5) is 5.69 Å². The lowest BCUT2D eigenvalue weighted by molar-refractivity contribution is -0.116. The van der Waals surface area contributed by atoms with Gasteiger partial charge in [-0.15, -0.1) is 0 Å². The van der Waals surface area contributed by atoms with Crippen LogP contribution in [0.5, 0.6) is 0 Å². The fraction of sp³-hybridized carbons (Fsp3) is 0.417. The molecule has 0 saturated carbocycles. The zero-order valence-electron chi connectivity index (χ0n) is 9.52. The number of benzene rings is 1. The summed E-state index contributed by atoms with van der Waals surface area (Å²) in [5.41, 5.74) is 7.01. The van der Waals surface area contributed by atoms with Crippen LogP contribution in [0.25, 0.3) is 0 Å². The molecule has 92 valence electrons. The SMILES string of the molecule is NCCC(=O)Nc1ccc(C2OCCO2)cc1. The van der Waals surface area contributed by atoms with Crippen LogP contribution in [-0.4, -0.2) is 25.7 Å². The highest BCUT2D eigenvalue weighted by atomic mass is 16.7. The Morgan fingerprint density at radius 3 is 2.53 bits per heavy atom. The van der Waals surface area contributed by atoms with Gasteiger partial charge in [-0.3, -0.25) is 4.79 Å². The highest BCUT2D eigenvalue weighted by molar-refractivity contribution is 5.90. The maximum atomic E-state index is 11.3. The second-order valence-corrected chi connectivity index (χ2v) is 3.78. The molecule has 5 heteroatoms. The quantitative estimate of drug-likeness (QED) is 0.818. The van der Waals surface area contributed by atoms with E-state index < -0.39 is 0 Å². The van der Waals surface area contributed by atoms with E-state index in [-0.39, 0.29) is 12.2 Å². The molecule has 1 amide bonds. The molecule has 1 saturated heterocycles. The molecule has 3 N–H and O–H groups in total. The minimum Gasteiger partial charge on any atom is -0.346 e. The average molecular weight is 236 g/mol. The Hall–Kier alpha value is -1.43. The van der Waals surface area contributed by atoms with Crippen molar-refractivity contribution in [1.29, 1.82) is 0 Å². The van der Waals surface area contributed by atoms with Crippen LogP contribution in [0.2, 0.25) is 0 Å². The lowest BCUT2D eigenvalue weighted by atomic mass is 10.2. The van der Waals surface area contributed by atoms with Crippen LogP contribution >= 0.6 is 0 Å². The average Bonchev–Trinajstić information content (AvgIpc) is 2.84. The van der Waals surface area contributed by atoms with Crippen molar-refractivity contribution in [3.63, 3.8) is 0 Å². The highest BCUT2D eigenvalue weighted by Crippen LogP contribution is 2.24. The van der Waals surface area contributed by atoms with Crippen LogP contribution in [-0.2, 0) is 14.3 Å². The summed E-state index contributed by atoms with van der Waals surface area (Å²) in [6.45, 7) is 1.60. The number of carbonyl (C=O) groups is 1. The number of nitrogens with two attached hydrogens (primary N) is 1. The predicted molar refractivity (Wildman–Crippen MR) is 63.4 cm³/mol. The third-order valence-electron chi connectivity index (χ3n) is 2.46. The molecule has 0 spiro atoms. The van der Waals surface area contributed by atoms with Crippen molar-refractivity contribution in [3.05, 3.63) is 29.8 Å². The normalized spacial score (nSPS) is 16.1. The van der Waals surface area contributed by atoms with Crippen LogP contribution < -0.4 is 11.1 Å². The standard InChI is InChI=1S/C12H16N2O3/c13-6-5-11(15)14-10-3-1-9(2-4-10)12-16-7-8-17-12/h1-4,12H,5-8,13H2,(H,14,15). The number of anilines is 1. The van der Waals surface area contributed by atoms with Crippen molar-refractivity contribution in [3.8, 4) is 0 Å². The molecular formula is C12H16N2O3. The molecule has 0 unspecified atom stereocenters. The first kappa shape index (κ1) is 12.0. The first-order chi connectivity index (χ1) is 8.29. The number of amides is 1. The summed E-state index contributed by atoms with van der Waals surface area (Å²) >= 11 is 0. The van der Waals surface area contributed by atoms with Gasteiger partial charge in [0.05, 0.1) is 13.2 Å². The van der Waals surface area contributed by atoms with Crippen LogP contribution in [0.15, 0.2) is 24.3 Å². The van der Waals surface area contributed by atoms with Gasteiger partial charge in [0.1, 0.15) is 0 Å². The largest absolute Gasteiger partial charge is 0.346 e. The lowest BCUT2D eigenvalue weighted by Gasteiger charge is -2.10. The summed E-state index contributed by atoms with van der Waals surface area (Å²) in [5.74, 6) is -0.0754. The molecule has 5 nitrogen and oxygen atoms in total. The zero-order chi connectivity index (χ0) is 12.1. The minimum atomic E-state index is -0.274. The van der Waals surface area contributed by atoms with Crippen molar-refractivity contribution < 1.29 is 14.3 Å². The topological polar surface area (TPSA) is 73.6 Å². The first-order valence-electron chi connectivity index (χ1n) is 5.62. The van der Waals surface area contributed by atoms with Crippen LogP contribution in [0.3, 0.4) is 0 Å². The highest BCUT2D eigenvalue weighted by Gasteiger charge is 2.17. The summed E-state index contributed by atoms with van der Waals surface area (Å²) in [4.78, 5) is 11.3. The molecule has 0 atom stereocenters. The van der Waals surface area contributed by atoms with Crippen LogP contribution in [0, 0.1) is 0 Å². The summed E-state index contributed by atoms with van der Waals surface area (Å²) in [6.07, 6.45) is 0.0557.